The number of nitrogens with zero attached hydrogens (tertiary/aromatic N) is 1. The lowest BCUT2D eigenvalue weighted by atomic mass is 9.79. The number of Topliss-reactive ketones (excluding diaryl/α,β-unsaturated/α-hetero) is 2. The van der Waals surface area contributed by atoms with Gasteiger partial charge in [-0.3, -0.25) is 19.2 Å². The molecule has 0 aromatic rings. The zero-order chi connectivity index (χ0) is 30.3. The first-order valence-electron chi connectivity index (χ1n) is 15.3. The molecule has 1 unspecified atom stereocenters. The molecule has 4 amide bonds. The topological polar surface area (TPSA) is 125 Å². The second-order valence-electron chi connectivity index (χ2n) is 14.6. The van der Waals surface area contributed by atoms with Gasteiger partial charge in [-0.05, 0) is 47.8 Å². The second kappa shape index (κ2) is 11.4. The fourth-order valence-electron chi connectivity index (χ4n) is 7.27. The molecule has 3 saturated carbocycles. The van der Waals surface area contributed by atoms with E-state index in [4.69, 9.17) is 6.42 Å². The van der Waals surface area contributed by atoms with Crippen molar-refractivity contribution in [3.05, 3.63) is 0 Å². The first-order valence-corrected chi connectivity index (χ1v) is 15.3. The van der Waals surface area contributed by atoms with Crippen molar-refractivity contribution in [2.24, 2.45) is 28.6 Å². The summed E-state index contributed by atoms with van der Waals surface area (Å²) in [6.07, 6.45) is 13.6. The van der Waals surface area contributed by atoms with Gasteiger partial charge in [0.15, 0.2) is 5.78 Å². The van der Waals surface area contributed by atoms with Crippen LogP contribution in [0.15, 0.2) is 0 Å². The number of carbonyl (C=O) groups is 5. The van der Waals surface area contributed by atoms with Gasteiger partial charge in [-0.2, -0.15) is 0 Å². The summed E-state index contributed by atoms with van der Waals surface area (Å²) in [5.74, 6) is 1.24. The van der Waals surface area contributed by atoms with Crippen LogP contribution in [0.5, 0.6) is 0 Å². The molecule has 0 bridgehead atoms. The third-order valence-corrected chi connectivity index (χ3v) is 10.3. The summed E-state index contributed by atoms with van der Waals surface area (Å²) in [6, 6.07) is -3.06. The van der Waals surface area contributed by atoms with E-state index >= 15 is 0 Å². The molecule has 0 aromatic carbocycles. The SMILES string of the molecule is C#CC1(NC(=O)N[C@H](C(=O)N2C[C@H]3[C@@H]([C@H]2C(=O)NC(CC2CCC2)C(=O)C(C)=O)C3(C)C)C(C)(C)C)CCCCC1. The summed E-state index contributed by atoms with van der Waals surface area (Å²) in [7, 11) is 0. The fourth-order valence-corrected chi connectivity index (χ4v) is 7.27. The number of nitrogens with one attached hydrogen (secondary N) is 3. The molecule has 1 aliphatic heterocycles. The lowest BCUT2D eigenvalue weighted by Crippen LogP contribution is -2.62. The maximum absolute atomic E-state index is 14.2. The van der Waals surface area contributed by atoms with E-state index in [0.29, 0.717) is 31.7 Å². The van der Waals surface area contributed by atoms with Crippen LogP contribution >= 0.6 is 0 Å². The number of likely N-dealkylation sites (tertiary alicyclic amines) is 1. The minimum atomic E-state index is -0.901. The van der Waals surface area contributed by atoms with Gasteiger partial charge in [0.25, 0.3) is 0 Å². The van der Waals surface area contributed by atoms with Crippen LogP contribution in [0, 0.1) is 40.9 Å². The Morgan fingerprint density at radius 3 is 2.15 bits per heavy atom. The van der Waals surface area contributed by atoms with Gasteiger partial charge < -0.3 is 20.9 Å². The minimum absolute atomic E-state index is 0.0652. The number of fused-ring (bicyclic) bond motifs is 1. The zero-order valence-corrected chi connectivity index (χ0v) is 25.6. The zero-order valence-electron chi connectivity index (χ0n) is 25.6. The monoisotopic (exact) mass is 568 g/mol. The molecular weight excluding hydrogens is 520 g/mol. The molecule has 3 aliphatic carbocycles. The van der Waals surface area contributed by atoms with Crippen molar-refractivity contribution in [1.29, 1.82) is 0 Å². The molecule has 1 saturated heterocycles. The number of carbonyl (C=O) groups excluding carboxylic acids is 5. The fraction of sp³-hybridized carbons (Fsp3) is 0.781. The molecule has 4 rings (SSSR count). The lowest BCUT2D eigenvalue weighted by Gasteiger charge is -2.39. The van der Waals surface area contributed by atoms with Gasteiger partial charge in [0, 0.05) is 13.5 Å². The molecule has 1 heterocycles. The van der Waals surface area contributed by atoms with Gasteiger partial charge >= 0.3 is 6.03 Å². The van der Waals surface area contributed by atoms with E-state index in [1.165, 1.54) is 6.92 Å². The predicted molar refractivity (Wildman–Crippen MR) is 155 cm³/mol. The first kappa shape index (κ1) is 31.1. The predicted octanol–water partition coefficient (Wildman–Crippen LogP) is 3.35. The van der Waals surface area contributed by atoms with Gasteiger partial charge in [0.2, 0.25) is 17.6 Å². The molecular formula is C32H48N4O5. The van der Waals surface area contributed by atoms with Crippen molar-refractivity contribution in [3.63, 3.8) is 0 Å². The van der Waals surface area contributed by atoms with Crippen LogP contribution in [0.2, 0.25) is 0 Å². The average molecular weight is 569 g/mol. The molecule has 226 valence electrons. The van der Waals surface area contributed by atoms with Gasteiger partial charge in [-0.15, -0.1) is 6.42 Å². The lowest BCUT2D eigenvalue weighted by molar-refractivity contribution is -0.145. The van der Waals surface area contributed by atoms with Crippen LogP contribution in [0.3, 0.4) is 0 Å². The average Bonchev–Trinajstić information content (AvgIpc) is 3.20. The van der Waals surface area contributed by atoms with Crippen LogP contribution < -0.4 is 16.0 Å². The van der Waals surface area contributed by atoms with Gasteiger partial charge in [0.1, 0.15) is 17.6 Å². The van der Waals surface area contributed by atoms with E-state index in [9.17, 15) is 24.0 Å². The molecule has 4 fully saturated rings. The molecule has 0 spiro atoms. The summed E-state index contributed by atoms with van der Waals surface area (Å²) in [5, 5.41) is 8.74. The van der Waals surface area contributed by atoms with E-state index in [2.05, 4.69) is 35.7 Å². The van der Waals surface area contributed by atoms with Crippen molar-refractivity contribution in [2.75, 3.05) is 6.54 Å². The number of ketones is 2. The van der Waals surface area contributed by atoms with Gasteiger partial charge in [-0.25, -0.2) is 4.79 Å². The number of urea groups is 1. The van der Waals surface area contributed by atoms with E-state index in [1.54, 1.807) is 4.90 Å². The summed E-state index contributed by atoms with van der Waals surface area (Å²) in [5.41, 5.74) is -1.51. The van der Waals surface area contributed by atoms with Crippen LogP contribution in [0.4, 0.5) is 4.79 Å². The van der Waals surface area contributed by atoms with Crippen molar-refractivity contribution in [1.82, 2.24) is 20.9 Å². The number of rotatable bonds is 9. The number of hydrogen-bond acceptors (Lipinski definition) is 5. The van der Waals surface area contributed by atoms with Gasteiger partial charge in [0.05, 0.1) is 6.04 Å². The highest BCUT2D eigenvalue weighted by atomic mass is 16.2. The van der Waals surface area contributed by atoms with Crippen LogP contribution in [-0.4, -0.2) is 64.5 Å². The van der Waals surface area contributed by atoms with Crippen LogP contribution in [0.1, 0.15) is 99.3 Å². The second-order valence-corrected chi connectivity index (χ2v) is 14.6. The normalized spacial score (nSPS) is 27.7. The van der Waals surface area contributed by atoms with Gasteiger partial charge in [-0.1, -0.05) is 79.1 Å². The first-order chi connectivity index (χ1) is 19.1. The highest BCUT2D eigenvalue weighted by Crippen LogP contribution is 2.65. The Morgan fingerprint density at radius 2 is 1.63 bits per heavy atom. The number of hydrogen-bond donors (Lipinski definition) is 3. The Hall–Kier alpha value is -2.89. The standard InChI is InChI=1S/C32H48N4O5/c1-8-32(15-10-9-11-16-32)35-29(41)34-26(30(3,4)5)28(40)36-18-21-23(31(21,6)7)24(36)27(39)33-22(25(38)19(2)37)17-20-13-12-14-20/h1,20-24,26H,9-18H2,2-7H3,(H,33,39)(H2,34,35,41)/t21-,22?,23-,24-,26+/m0/s1. The molecule has 41 heavy (non-hydrogen) atoms. The Labute approximate surface area is 244 Å². The molecule has 9 heteroatoms. The Balaban J connectivity index is 1.53. The number of amides is 4. The molecule has 5 atom stereocenters. The molecule has 3 N–H and O–H groups in total. The maximum Gasteiger partial charge on any atom is 0.316 e. The minimum Gasteiger partial charge on any atom is -0.344 e. The van der Waals surface area contributed by atoms with Crippen molar-refractivity contribution >= 4 is 29.4 Å². The quantitative estimate of drug-likeness (QED) is 0.291. The smallest absolute Gasteiger partial charge is 0.316 e. The highest BCUT2D eigenvalue weighted by Gasteiger charge is 2.70. The third kappa shape index (κ3) is 6.32. The summed E-state index contributed by atoms with van der Waals surface area (Å²) < 4.78 is 0. The van der Waals surface area contributed by atoms with E-state index in [0.717, 1.165) is 38.5 Å². The van der Waals surface area contributed by atoms with Crippen molar-refractivity contribution in [3.8, 4) is 12.3 Å². The van der Waals surface area contributed by atoms with Crippen molar-refractivity contribution < 1.29 is 24.0 Å². The molecule has 4 aliphatic rings. The third-order valence-electron chi connectivity index (χ3n) is 10.3. The summed E-state index contributed by atoms with van der Waals surface area (Å²) in [6.45, 7) is 11.4. The van der Waals surface area contributed by atoms with Crippen LogP contribution in [-0.2, 0) is 19.2 Å². The van der Waals surface area contributed by atoms with E-state index < -0.39 is 52.6 Å². The number of piperidine rings is 1. The number of terminal acetylenes is 1. The van der Waals surface area contributed by atoms with E-state index in [1.807, 2.05) is 20.8 Å². The van der Waals surface area contributed by atoms with Crippen LogP contribution in [0.25, 0.3) is 0 Å². The van der Waals surface area contributed by atoms with E-state index in [-0.39, 0.29) is 23.2 Å². The summed E-state index contributed by atoms with van der Waals surface area (Å²) >= 11 is 0. The maximum atomic E-state index is 14.2. The van der Waals surface area contributed by atoms with Crippen molar-refractivity contribution in [2.45, 2.75) is 123 Å². The molecule has 0 aromatic heterocycles. The Bertz CT molecular complexity index is 1120. The Kier molecular flexibility index (Phi) is 8.65. The Morgan fingerprint density at radius 1 is 1.00 bits per heavy atom. The largest absolute Gasteiger partial charge is 0.344 e. The molecule has 9 nitrogen and oxygen atoms in total. The highest BCUT2D eigenvalue weighted by molar-refractivity contribution is 6.38. The summed E-state index contributed by atoms with van der Waals surface area (Å²) in [4.78, 5) is 67.6. The molecule has 0 radical (unpaired) electrons.